The highest BCUT2D eigenvalue weighted by Gasteiger charge is 2.15. The van der Waals surface area contributed by atoms with E-state index >= 15 is 0 Å². The number of aryl methyl sites for hydroxylation is 2. The number of carbonyl (C=O) groups excluding carboxylic acids is 1. The van der Waals surface area contributed by atoms with Crippen LogP contribution in [0.2, 0.25) is 0 Å². The Morgan fingerprint density at radius 3 is 2.37 bits per heavy atom. The Kier molecular flexibility index (Phi) is 3.95. The summed E-state index contributed by atoms with van der Waals surface area (Å²) in [5.41, 5.74) is 5.93. The zero-order chi connectivity index (χ0) is 20.1. The monoisotopic (exact) mass is 386 g/mol. The molecule has 0 N–H and O–H groups in total. The van der Waals surface area contributed by atoms with Gasteiger partial charge in [-0.25, -0.2) is 0 Å². The number of rotatable bonds is 2. The van der Waals surface area contributed by atoms with Crippen molar-refractivity contribution < 1.29 is 4.79 Å². The summed E-state index contributed by atoms with van der Waals surface area (Å²) in [6, 6.07) is 28.1. The minimum absolute atomic E-state index is 0.739. The molecule has 1 nitrogen and oxygen atoms in total. The van der Waals surface area contributed by atoms with Crippen LogP contribution in [0.3, 0.4) is 0 Å². The van der Waals surface area contributed by atoms with Gasteiger partial charge in [-0.2, -0.15) is 0 Å². The number of hydrogen-bond acceptors (Lipinski definition) is 1. The number of aldehydes is 1. The maximum absolute atomic E-state index is 11.8. The predicted molar refractivity (Wildman–Crippen MR) is 126 cm³/mol. The average molecular weight is 386 g/mol. The van der Waals surface area contributed by atoms with E-state index in [1.54, 1.807) is 5.56 Å². The summed E-state index contributed by atoms with van der Waals surface area (Å²) in [7, 11) is 0. The van der Waals surface area contributed by atoms with Gasteiger partial charge in [-0.3, -0.25) is 4.79 Å². The molecule has 0 radical (unpaired) electrons. The first-order chi connectivity index (χ1) is 14.8. The van der Waals surface area contributed by atoms with Gasteiger partial charge in [0.15, 0.2) is 6.29 Å². The van der Waals surface area contributed by atoms with E-state index in [9.17, 15) is 4.79 Å². The fourth-order valence-electron chi connectivity index (χ4n) is 5.27. The largest absolute Gasteiger partial charge is 0.298 e. The van der Waals surface area contributed by atoms with E-state index in [1.807, 2.05) is 24.3 Å². The van der Waals surface area contributed by atoms with Crippen LogP contribution in [0.15, 0.2) is 78.9 Å². The molecular weight excluding hydrogens is 364 g/mol. The Balaban J connectivity index is 1.61. The summed E-state index contributed by atoms with van der Waals surface area (Å²) in [5.74, 6) is 0. The first kappa shape index (κ1) is 17.4. The van der Waals surface area contributed by atoms with Crippen molar-refractivity contribution in [2.75, 3.05) is 0 Å². The third-order valence-electron chi connectivity index (χ3n) is 6.73. The molecule has 1 aliphatic rings. The number of fused-ring (bicyclic) bond motifs is 6. The summed E-state index contributed by atoms with van der Waals surface area (Å²) in [6.45, 7) is 0. The number of benzene rings is 5. The highest BCUT2D eigenvalue weighted by molar-refractivity contribution is 6.11. The van der Waals surface area contributed by atoms with Crippen LogP contribution in [0, 0.1) is 0 Å². The maximum Gasteiger partial charge on any atom is 0.150 e. The van der Waals surface area contributed by atoms with Crippen LogP contribution in [0.1, 0.15) is 34.3 Å². The fourth-order valence-corrected chi connectivity index (χ4v) is 5.27. The van der Waals surface area contributed by atoms with Crippen LogP contribution < -0.4 is 0 Å². The van der Waals surface area contributed by atoms with Gasteiger partial charge in [0.2, 0.25) is 0 Å². The molecule has 1 aliphatic carbocycles. The van der Waals surface area contributed by atoms with E-state index in [0.29, 0.717) is 0 Å². The van der Waals surface area contributed by atoms with Gasteiger partial charge in [0.25, 0.3) is 0 Å². The molecule has 0 unspecified atom stereocenters. The Morgan fingerprint density at radius 2 is 1.43 bits per heavy atom. The first-order valence-corrected chi connectivity index (χ1v) is 10.8. The van der Waals surface area contributed by atoms with Crippen molar-refractivity contribution in [3.8, 4) is 11.1 Å². The summed E-state index contributed by atoms with van der Waals surface area (Å²) in [6.07, 6.45) is 5.96. The molecule has 6 rings (SSSR count). The molecule has 0 amide bonds. The summed E-state index contributed by atoms with van der Waals surface area (Å²) < 4.78 is 0. The zero-order valence-corrected chi connectivity index (χ0v) is 16.8. The van der Waals surface area contributed by atoms with Crippen molar-refractivity contribution in [1.29, 1.82) is 0 Å². The summed E-state index contributed by atoms with van der Waals surface area (Å²) >= 11 is 0. The van der Waals surface area contributed by atoms with E-state index in [4.69, 9.17) is 0 Å². The van der Waals surface area contributed by atoms with E-state index in [2.05, 4.69) is 54.6 Å². The fraction of sp³-hybridized carbons (Fsp3) is 0.138. The van der Waals surface area contributed by atoms with E-state index < -0.39 is 0 Å². The molecule has 0 atom stereocenters. The summed E-state index contributed by atoms with van der Waals surface area (Å²) in [5, 5.41) is 7.54. The Hall–Kier alpha value is -3.45. The van der Waals surface area contributed by atoms with Gasteiger partial charge in [0, 0.05) is 11.1 Å². The van der Waals surface area contributed by atoms with Crippen molar-refractivity contribution in [2.45, 2.75) is 25.7 Å². The van der Waals surface area contributed by atoms with Crippen molar-refractivity contribution in [1.82, 2.24) is 0 Å². The van der Waals surface area contributed by atoms with Crippen molar-refractivity contribution in [3.63, 3.8) is 0 Å². The highest BCUT2D eigenvalue weighted by atomic mass is 16.1. The van der Waals surface area contributed by atoms with Crippen LogP contribution in [0.4, 0.5) is 0 Å². The molecule has 5 aromatic rings. The van der Waals surface area contributed by atoms with E-state index in [-0.39, 0.29) is 0 Å². The zero-order valence-electron chi connectivity index (χ0n) is 16.8. The molecule has 0 fully saturated rings. The SMILES string of the molecule is O=Cc1ccc2ccccc2c1-c1ccc2c(ccc3c4c(ccc32)CCCC4)c1. The van der Waals surface area contributed by atoms with Gasteiger partial charge in [-0.05, 0) is 80.8 Å². The molecule has 1 heteroatoms. The van der Waals surface area contributed by atoms with Crippen LogP contribution in [0.25, 0.3) is 43.4 Å². The van der Waals surface area contributed by atoms with Crippen LogP contribution >= 0.6 is 0 Å². The lowest BCUT2D eigenvalue weighted by Gasteiger charge is -2.19. The van der Waals surface area contributed by atoms with Gasteiger partial charge in [0.1, 0.15) is 0 Å². The lowest BCUT2D eigenvalue weighted by Crippen LogP contribution is -2.03. The number of carbonyl (C=O) groups is 1. The third-order valence-corrected chi connectivity index (χ3v) is 6.73. The van der Waals surface area contributed by atoms with Crippen LogP contribution in [-0.4, -0.2) is 6.29 Å². The number of hydrogen-bond donors (Lipinski definition) is 0. The Morgan fingerprint density at radius 1 is 0.633 bits per heavy atom. The Labute approximate surface area is 176 Å². The molecule has 5 aromatic carbocycles. The second kappa shape index (κ2) is 6.81. The molecule has 0 saturated carbocycles. The van der Waals surface area contributed by atoms with Gasteiger partial charge in [-0.1, -0.05) is 72.8 Å². The van der Waals surface area contributed by atoms with Gasteiger partial charge in [-0.15, -0.1) is 0 Å². The average Bonchev–Trinajstić information content (AvgIpc) is 2.82. The lowest BCUT2D eigenvalue weighted by molar-refractivity contribution is 0.112. The van der Waals surface area contributed by atoms with Gasteiger partial charge >= 0.3 is 0 Å². The minimum Gasteiger partial charge on any atom is -0.298 e. The van der Waals surface area contributed by atoms with Crippen molar-refractivity contribution in [2.24, 2.45) is 0 Å². The second-order valence-electron chi connectivity index (χ2n) is 8.38. The van der Waals surface area contributed by atoms with Crippen molar-refractivity contribution in [3.05, 3.63) is 95.6 Å². The molecule has 0 aliphatic heterocycles. The van der Waals surface area contributed by atoms with Gasteiger partial charge < -0.3 is 0 Å². The minimum atomic E-state index is 0.739. The second-order valence-corrected chi connectivity index (χ2v) is 8.38. The maximum atomic E-state index is 11.8. The molecule has 0 heterocycles. The molecule has 0 spiro atoms. The molecule has 0 bridgehead atoms. The van der Waals surface area contributed by atoms with Crippen LogP contribution in [-0.2, 0) is 12.8 Å². The van der Waals surface area contributed by atoms with Gasteiger partial charge in [0.05, 0.1) is 0 Å². The molecule has 30 heavy (non-hydrogen) atoms. The topological polar surface area (TPSA) is 17.1 Å². The normalized spacial score (nSPS) is 13.6. The smallest absolute Gasteiger partial charge is 0.150 e. The third kappa shape index (κ3) is 2.59. The first-order valence-electron chi connectivity index (χ1n) is 10.8. The summed E-state index contributed by atoms with van der Waals surface area (Å²) in [4.78, 5) is 11.8. The quantitative estimate of drug-likeness (QED) is 0.227. The standard InChI is InChI=1S/C29H22O/c30-18-23-10-9-20-6-2-4-8-26(20)29(23)22-13-14-25-21(17-22)12-16-27-24-7-3-1-5-19(24)11-15-28(25)27/h2,4,6,8-18H,1,3,5,7H2. The van der Waals surface area contributed by atoms with Crippen molar-refractivity contribution >= 4 is 38.6 Å². The van der Waals surface area contributed by atoms with Crippen LogP contribution in [0.5, 0.6) is 0 Å². The molecule has 0 aromatic heterocycles. The Bertz CT molecular complexity index is 1460. The van der Waals surface area contributed by atoms with E-state index in [0.717, 1.165) is 33.7 Å². The molecule has 144 valence electrons. The predicted octanol–water partition coefficient (Wildman–Crippen LogP) is 7.50. The lowest BCUT2D eigenvalue weighted by atomic mass is 9.86. The van der Waals surface area contributed by atoms with E-state index in [1.165, 1.54) is 52.8 Å². The molecular formula is C29H22O. The molecule has 0 saturated heterocycles. The highest BCUT2D eigenvalue weighted by Crippen LogP contribution is 2.37.